The number of sulfonamides is 1. The molecule has 2 heterocycles. The monoisotopic (exact) mass is 361 g/mol. The predicted molar refractivity (Wildman–Crippen MR) is 93.7 cm³/mol. The Morgan fingerprint density at radius 2 is 1.84 bits per heavy atom. The lowest BCUT2D eigenvalue weighted by Crippen LogP contribution is -2.37. The number of aromatic nitrogens is 1. The molecule has 0 spiro atoms. The zero-order chi connectivity index (χ0) is 18.2. The molecule has 0 fully saturated rings. The third-order valence-corrected chi connectivity index (χ3v) is 6.06. The van der Waals surface area contributed by atoms with Gasteiger partial charge in [0.1, 0.15) is 0 Å². The van der Waals surface area contributed by atoms with Gasteiger partial charge in [-0.3, -0.25) is 9.59 Å². The first kappa shape index (κ1) is 17.4. The molecule has 0 aliphatic carbocycles. The van der Waals surface area contributed by atoms with E-state index in [0.717, 1.165) is 11.1 Å². The van der Waals surface area contributed by atoms with Crippen LogP contribution in [0.2, 0.25) is 0 Å². The van der Waals surface area contributed by atoms with Crippen LogP contribution in [0.1, 0.15) is 18.1 Å². The summed E-state index contributed by atoms with van der Waals surface area (Å²) < 4.78 is 28.6. The number of benzene rings is 1. The van der Waals surface area contributed by atoms with Gasteiger partial charge >= 0.3 is 0 Å². The molecule has 0 saturated heterocycles. The molecule has 0 atom stereocenters. The molecule has 1 aliphatic heterocycles. The van der Waals surface area contributed by atoms with Gasteiger partial charge in [-0.2, -0.15) is 4.31 Å². The number of pyridine rings is 1. The first-order valence-electron chi connectivity index (χ1n) is 7.83. The Kier molecular flexibility index (Phi) is 4.49. The number of nitrogens with one attached hydrogen (secondary N) is 1. The van der Waals surface area contributed by atoms with Gasteiger partial charge < -0.3 is 9.88 Å². The molecule has 0 saturated carbocycles. The third-order valence-electron chi connectivity index (χ3n) is 4.20. The number of hydrogen-bond donors (Lipinski definition) is 1. The summed E-state index contributed by atoms with van der Waals surface area (Å²) in [5.41, 5.74) is 2.19. The van der Waals surface area contributed by atoms with Crippen LogP contribution in [0.25, 0.3) is 0 Å². The molecule has 1 amide bonds. The summed E-state index contributed by atoms with van der Waals surface area (Å²) in [5, 5.41) is 2.61. The number of hydrogen-bond acceptors (Lipinski definition) is 4. The van der Waals surface area contributed by atoms with Gasteiger partial charge in [-0.1, -0.05) is 0 Å². The first-order valence-corrected chi connectivity index (χ1v) is 9.27. The zero-order valence-electron chi connectivity index (χ0n) is 14.0. The summed E-state index contributed by atoms with van der Waals surface area (Å²) in [5.74, 6) is -0.214. The Bertz CT molecular complexity index is 978. The molecule has 8 heteroatoms. The van der Waals surface area contributed by atoms with E-state index in [1.165, 1.54) is 27.9 Å². The summed E-state index contributed by atoms with van der Waals surface area (Å²) >= 11 is 0. The number of anilines is 1. The summed E-state index contributed by atoms with van der Waals surface area (Å²) in [7, 11) is -1.99. The summed E-state index contributed by atoms with van der Waals surface area (Å²) in [6.07, 6.45) is 2.20. The number of nitrogens with zero attached hydrogens (tertiary/aromatic N) is 2. The second-order valence-corrected chi connectivity index (χ2v) is 8.01. The van der Waals surface area contributed by atoms with E-state index in [1.807, 2.05) is 0 Å². The number of carbonyl (C=O) groups excluding carboxylic acids is 1. The minimum absolute atomic E-state index is 0.0939. The topological polar surface area (TPSA) is 88.5 Å². The Morgan fingerprint density at radius 3 is 2.48 bits per heavy atom. The van der Waals surface area contributed by atoms with Crippen LogP contribution in [0.3, 0.4) is 0 Å². The SMILES string of the molecule is CC(=O)Nc1ccc(S(=O)(=O)N2CCc3cc(=O)n(C)cc3C2)cc1. The van der Waals surface area contributed by atoms with Crippen LogP contribution in [0.4, 0.5) is 5.69 Å². The number of aryl methyl sites for hydroxylation is 1. The van der Waals surface area contributed by atoms with E-state index >= 15 is 0 Å². The standard InChI is InChI=1S/C17H19N3O4S/c1-12(21)18-15-3-5-16(6-4-15)25(23,24)20-8-7-13-9-17(22)19(2)10-14(13)11-20/h3-6,9-10H,7-8,11H2,1-2H3,(H,18,21). The molecular weight excluding hydrogens is 342 g/mol. The molecule has 2 aromatic rings. The zero-order valence-corrected chi connectivity index (χ0v) is 14.8. The van der Waals surface area contributed by atoms with Gasteiger partial charge in [0.05, 0.1) is 4.90 Å². The summed E-state index contributed by atoms with van der Waals surface area (Å²) in [4.78, 5) is 22.9. The predicted octanol–water partition coefficient (Wildman–Crippen LogP) is 1.09. The van der Waals surface area contributed by atoms with Crippen LogP contribution in [0.5, 0.6) is 0 Å². The van der Waals surface area contributed by atoms with Gasteiger partial charge in [-0.05, 0) is 41.8 Å². The Balaban J connectivity index is 1.86. The van der Waals surface area contributed by atoms with Crippen molar-refractivity contribution in [2.45, 2.75) is 24.8 Å². The molecule has 1 N–H and O–H groups in total. The van der Waals surface area contributed by atoms with E-state index in [4.69, 9.17) is 0 Å². The molecule has 132 valence electrons. The van der Waals surface area contributed by atoms with Crippen LogP contribution in [-0.2, 0) is 34.8 Å². The van der Waals surface area contributed by atoms with Crippen molar-refractivity contribution in [3.8, 4) is 0 Å². The van der Waals surface area contributed by atoms with E-state index in [1.54, 1.807) is 31.4 Å². The molecule has 7 nitrogen and oxygen atoms in total. The number of rotatable bonds is 3. The molecule has 3 rings (SSSR count). The molecule has 25 heavy (non-hydrogen) atoms. The van der Waals surface area contributed by atoms with Crippen molar-refractivity contribution in [1.29, 1.82) is 0 Å². The fourth-order valence-corrected chi connectivity index (χ4v) is 4.30. The van der Waals surface area contributed by atoms with Crippen molar-refractivity contribution in [2.24, 2.45) is 7.05 Å². The average molecular weight is 361 g/mol. The fourth-order valence-electron chi connectivity index (χ4n) is 2.88. The van der Waals surface area contributed by atoms with Crippen molar-refractivity contribution in [2.75, 3.05) is 11.9 Å². The molecule has 1 aromatic carbocycles. The van der Waals surface area contributed by atoms with Crippen molar-refractivity contribution in [3.05, 3.63) is 58.0 Å². The van der Waals surface area contributed by atoms with Gasteiger partial charge in [-0.15, -0.1) is 0 Å². The van der Waals surface area contributed by atoms with E-state index < -0.39 is 10.0 Å². The van der Waals surface area contributed by atoms with Crippen molar-refractivity contribution >= 4 is 21.6 Å². The van der Waals surface area contributed by atoms with Crippen LogP contribution in [0, 0.1) is 0 Å². The molecule has 1 aliphatic rings. The number of carbonyl (C=O) groups is 1. The normalized spacial score (nSPS) is 14.8. The fraction of sp³-hybridized carbons (Fsp3) is 0.294. The second kappa shape index (κ2) is 6.45. The highest BCUT2D eigenvalue weighted by atomic mass is 32.2. The second-order valence-electron chi connectivity index (χ2n) is 6.07. The molecule has 0 radical (unpaired) electrons. The van der Waals surface area contributed by atoms with Gasteiger partial charge in [-0.25, -0.2) is 8.42 Å². The Morgan fingerprint density at radius 1 is 1.16 bits per heavy atom. The minimum Gasteiger partial charge on any atom is -0.326 e. The highest BCUT2D eigenvalue weighted by Gasteiger charge is 2.28. The largest absolute Gasteiger partial charge is 0.326 e. The average Bonchev–Trinajstić information content (AvgIpc) is 2.55. The molecule has 0 unspecified atom stereocenters. The quantitative estimate of drug-likeness (QED) is 0.886. The molecular formula is C17H19N3O4S. The Hall–Kier alpha value is -2.45. The van der Waals surface area contributed by atoms with Gasteiger partial charge in [0, 0.05) is 45.0 Å². The van der Waals surface area contributed by atoms with Crippen molar-refractivity contribution < 1.29 is 13.2 Å². The van der Waals surface area contributed by atoms with Crippen LogP contribution in [-0.4, -0.2) is 29.7 Å². The lowest BCUT2D eigenvalue weighted by Gasteiger charge is -2.28. The van der Waals surface area contributed by atoms with Gasteiger partial charge in [0.15, 0.2) is 0 Å². The highest BCUT2D eigenvalue weighted by molar-refractivity contribution is 7.89. The maximum absolute atomic E-state index is 12.9. The van der Waals surface area contributed by atoms with Crippen molar-refractivity contribution in [3.63, 3.8) is 0 Å². The van der Waals surface area contributed by atoms with E-state index in [0.29, 0.717) is 18.7 Å². The molecule has 1 aromatic heterocycles. The minimum atomic E-state index is -3.64. The number of fused-ring (bicyclic) bond motifs is 1. The lowest BCUT2D eigenvalue weighted by molar-refractivity contribution is -0.114. The van der Waals surface area contributed by atoms with Gasteiger partial charge in [0.25, 0.3) is 5.56 Å². The first-order chi connectivity index (χ1) is 11.8. The summed E-state index contributed by atoms with van der Waals surface area (Å²) in [6, 6.07) is 7.67. The maximum atomic E-state index is 12.9. The van der Waals surface area contributed by atoms with Crippen LogP contribution in [0.15, 0.2) is 46.2 Å². The summed E-state index contributed by atoms with van der Waals surface area (Å²) in [6.45, 7) is 1.96. The van der Waals surface area contributed by atoms with Gasteiger partial charge in [0.2, 0.25) is 15.9 Å². The van der Waals surface area contributed by atoms with E-state index in [2.05, 4.69) is 5.32 Å². The number of amides is 1. The molecule has 0 bridgehead atoms. The Labute approximate surface area is 145 Å². The van der Waals surface area contributed by atoms with Crippen LogP contribution < -0.4 is 10.9 Å². The van der Waals surface area contributed by atoms with E-state index in [9.17, 15) is 18.0 Å². The van der Waals surface area contributed by atoms with E-state index in [-0.39, 0.29) is 22.9 Å². The van der Waals surface area contributed by atoms with Crippen molar-refractivity contribution in [1.82, 2.24) is 8.87 Å². The smallest absolute Gasteiger partial charge is 0.250 e. The maximum Gasteiger partial charge on any atom is 0.250 e. The van der Waals surface area contributed by atoms with Crippen LogP contribution >= 0.6 is 0 Å². The highest BCUT2D eigenvalue weighted by Crippen LogP contribution is 2.25. The lowest BCUT2D eigenvalue weighted by atomic mass is 10.0. The third kappa shape index (κ3) is 3.49.